The van der Waals surface area contributed by atoms with Gasteiger partial charge in [0.25, 0.3) is 0 Å². The third kappa shape index (κ3) is 4.36. The smallest absolute Gasteiger partial charge is 0.406 e. The topological polar surface area (TPSA) is 41.7 Å². The molecule has 134 valence electrons. The van der Waals surface area contributed by atoms with Crippen molar-refractivity contribution in [2.75, 3.05) is 23.0 Å². The Hall–Kier alpha value is -2.41. The molecule has 4 nitrogen and oxygen atoms in total. The van der Waals surface area contributed by atoms with Crippen LogP contribution in [0, 0.1) is 0 Å². The molecule has 0 radical (unpaired) electrons. The first-order chi connectivity index (χ1) is 11.9. The second-order valence-electron chi connectivity index (χ2n) is 5.95. The minimum Gasteiger partial charge on any atom is -0.406 e. The van der Waals surface area contributed by atoms with Gasteiger partial charge in [0.05, 0.1) is 17.1 Å². The lowest BCUT2D eigenvalue weighted by atomic mass is 10.1. The van der Waals surface area contributed by atoms with E-state index in [0.717, 1.165) is 37.3 Å². The summed E-state index contributed by atoms with van der Waals surface area (Å²) in [6.45, 7) is 1.95. The van der Waals surface area contributed by atoms with Gasteiger partial charge in [-0.1, -0.05) is 12.1 Å². The molecule has 1 fully saturated rings. The first-order valence-corrected chi connectivity index (χ1v) is 8.19. The average Bonchev–Trinajstić information content (AvgIpc) is 2.61. The fourth-order valence-corrected chi connectivity index (χ4v) is 3.02. The van der Waals surface area contributed by atoms with Crippen molar-refractivity contribution in [3.8, 4) is 5.75 Å². The third-order valence-electron chi connectivity index (χ3n) is 4.19. The first kappa shape index (κ1) is 17.4. The van der Waals surface area contributed by atoms with E-state index in [1.54, 1.807) is 0 Å². The van der Waals surface area contributed by atoms with Crippen LogP contribution in [0.2, 0.25) is 0 Å². The Morgan fingerprint density at radius 2 is 1.56 bits per heavy atom. The molecule has 1 aliphatic rings. The third-order valence-corrected chi connectivity index (χ3v) is 4.19. The summed E-state index contributed by atoms with van der Waals surface area (Å²) in [7, 11) is 0. The number of para-hydroxylation sites is 2. The molecule has 0 saturated carbocycles. The zero-order chi connectivity index (χ0) is 17.9. The lowest BCUT2D eigenvalue weighted by Gasteiger charge is -2.32. The van der Waals surface area contributed by atoms with E-state index >= 15 is 0 Å². The molecule has 7 heteroatoms. The highest BCUT2D eigenvalue weighted by atomic mass is 19.4. The molecule has 0 aromatic heterocycles. The predicted molar refractivity (Wildman–Crippen MR) is 92.0 cm³/mol. The molecule has 1 aliphatic heterocycles. The van der Waals surface area contributed by atoms with Gasteiger partial charge in [-0.2, -0.15) is 0 Å². The first-order valence-electron chi connectivity index (χ1n) is 8.19. The molecule has 1 heterocycles. The molecule has 1 saturated heterocycles. The van der Waals surface area contributed by atoms with Crippen molar-refractivity contribution in [2.24, 2.45) is 5.84 Å². The summed E-state index contributed by atoms with van der Waals surface area (Å²) in [5.74, 6) is 5.98. The maximum Gasteiger partial charge on any atom is 0.573 e. The maximum atomic E-state index is 12.3. The van der Waals surface area contributed by atoms with Gasteiger partial charge in [-0.05, 0) is 55.7 Å². The highest BCUT2D eigenvalue weighted by molar-refractivity contribution is 5.76. The van der Waals surface area contributed by atoms with Crippen LogP contribution in [0.4, 0.5) is 30.2 Å². The van der Waals surface area contributed by atoms with E-state index in [0.29, 0.717) is 5.69 Å². The number of hydrazine groups is 1. The van der Waals surface area contributed by atoms with Crippen molar-refractivity contribution in [1.29, 1.82) is 0 Å². The highest BCUT2D eigenvalue weighted by Crippen LogP contribution is 2.34. The predicted octanol–water partition coefficient (Wildman–Crippen LogP) is 4.59. The van der Waals surface area contributed by atoms with Gasteiger partial charge in [0, 0.05) is 13.1 Å². The minimum absolute atomic E-state index is 0.269. The molecule has 0 spiro atoms. The van der Waals surface area contributed by atoms with Gasteiger partial charge in [-0.3, -0.25) is 5.01 Å². The second kappa shape index (κ2) is 7.23. The molecule has 0 amide bonds. The lowest BCUT2D eigenvalue weighted by Crippen LogP contribution is -2.33. The summed E-state index contributed by atoms with van der Waals surface area (Å²) in [5.41, 5.74) is 2.42. The minimum atomic E-state index is -4.70. The number of benzene rings is 2. The second-order valence-corrected chi connectivity index (χ2v) is 5.95. The van der Waals surface area contributed by atoms with E-state index in [4.69, 9.17) is 5.84 Å². The Morgan fingerprint density at radius 1 is 0.920 bits per heavy atom. The van der Waals surface area contributed by atoms with Crippen molar-refractivity contribution in [1.82, 2.24) is 0 Å². The molecule has 2 N–H and O–H groups in total. The number of ether oxygens (including phenoxy) is 1. The number of piperidine rings is 1. The Bertz CT molecular complexity index is 697. The van der Waals surface area contributed by atoms with Gasteiger partial charge in [0.2, 0.25) is 0 Å². The fourth-order valence-electron chi connectivity index (χ4n) is 3.02. The Labute approximate surface area is 144 Å². The van der Waals surface area contributed by atoms with Gasteiger partial charge in [0.1, 0.15) is 5.75 Å². The molecule has 0 aliphatic carbocycles. The van der Waals surface area contributed by atoms with E-state index in [1.807, 2.05) is 24.3 Å². The normalized spacial score (nSPS) is 15.1. The number of nitrogens with zero attached hydrogens (tertiary/aromatic N) is 2. The Kier molecular flexibility index (Phi) is 5.03. The number of halogens is 3. The Morgan fingerprint density at radius 3 is 2.20 bits per heavy atom. The lowest BCUT2D eigenvalue weighted by molar-refractivity contribution is -0.274. The van der Waals surface area contributed by atoms with Crippen molar-refractivity contribution in [3.05, 3.63) is 48.5 Å². The van der Waals surface area contributed by atoms with Crippen LogP contribution < -0.4 is 20.5 Å². The summed E-state index contributed by atoms with van der Waals surface area (Å²) in [5, 5.41) is 1.49. The number of nitrogens with two attached hydrogens (primary N) is 1. The number of rotatable bonds is 4. The number of alkyl halides is 3. The number of hydrogen-bond donors (Lipinski definition) is 1. The average molecular weight is 351 g/mol. The number of anilines is 3. The molecule has 0 atom stereocenters. The maximum absolute atomic E-state index is 12.3. The van der Waals surface area contributed by atoms with E-state index in [9.17, 15) is 13.2 Å². The van der Waals surface area contributed by atoms with Crippen LogP contribution in [0.5, 0.6) is 5.75 Å². The van der Waals surface area contributed by atoms with Gasteiger partial charge >= 0.3 is 6.36 Å². The summed E-state index contributed by atoms with van der Waals surface area (Å²) in [4.78, 5) is 2.29. The summed E-state index contributed by atoms with van der Waals surface area (Å²) in [6.07, 6.45) is -1.19. The Balaban J connectivity index is 1.82. The van der Waals surface area contributed by atoms with E-state index < -0.39 is 6.36 Å². The molecule has 2 aromatic carbocycles. The molecule has 2 aromatic rings. The van der Waals surface area contributed by atoms with Crippen LogP contribution >= 0.6 is 0 Å². The van der Waals surface area contributed by atoms with Crippen LogP contribution in [-0.4, -0.2) is 19.5 Å². The van der Waals surface area contributed by atoms with Crippen LogP contribution in [0.25, 0.3) is 0 Å². The SMILES string of the molecule is NN(c1ccc(OC(F)(F)F)cc1)c1ccccc1N1CCCCC1. The summed E-state index contributed by atoms with van der Waals surface area (Å²) < 4.78 is 40.7. The molecular formula is C18H20F3N3O. The van der Waals surface area contributed by atoms with Crippen LogP contribution in [0.15, 0.2) is 48.5 Å². The van der Waals surface area contributed by atoms with Crippen LogP contribution in [-0.2, 0) is 0 Å². The largest absolute Gasteiger partial charge is 0.573 e. The van der Waals surface area contributed by atoms with Crippen molar-refractivity contribution in [3.63, 3.8) is 0 Å². The van der Waals surface area contributed by atoms with Gasteiger partial charge in [0.15, 0.2) is 0 Å². The molecule has 0 bridgehead atoms. The van der Waals surface area contributed by atoms with Gasteiger partial charge in [-0.25, -0.2) is 5.84 Å². The molecule has 0 unspecified atom stereocenters. The van der Waals surface area contributed by atoms with Gasteiger partial charge in [-0.15, -0.1) is 13.2 Å². The molecule has 3 rings (SSSR count). The monoisotopic (exact) mass is 351 g/mol. The van der Waals surface area contributed by atoms with E-state index in [2.05, 4.69) is 9.64 Å². The molecule has 25 heavy (non-hydrogen) atoms. The van der Waals surface area contributed by atoms with Crippen molar-refractivity contribution < 1.29 is 17.9 Å². The van der Waals surface area contributed by atoms with Crippen LogP contribution in [0.1, 0.15) is 19.3 Å². The zero-order valence-corrected chi connectivity index (χ0v) is 13.7. The quantitative estimate of drug-likeness (QED) is 0.646. The van der Waals surface area contributed by atoms with Crippen molar-refractivity contribution in [2.45, 2.75) is 25.6 Å². The van der Waals surface area contributed by atoms with E-state index in [1.165, 1.54) is 35.7 Å². The fraction of sp³-hybridized carbons (Fsp3) is 0.333. The van der Waals surface area contributed by atoms with Crippen LogP contribution in [0.3, 0.4) is 0 Å². The highest BCUT2D eigenvalue weighted by Gasteiger charge is 2.31. The van der Waals surface area contributed by atoms with E-state index in [-0.39, 0.29) is 5.75 Å². The zero-order valence-electron chi connectivity index (χ0n) is 13.7. The standard InChI is InChI=1S/C18H20F3N3O/c19-18(20,21)25-15-10-8-14(9-11-15)24(22)17-7-3-2-6-16(17)23-12-4-1-5-13-23/h2-3,6-11H,1,4-5,12-13,22H2. The summed E-state index contributed by atoms with van der Waals surface area (Å²) >= 11 is 0. The number of hydrogen-bond acceptors (Lipinski definition) is 4. The summed E-state index contributed by atoms with van der Waals surface area (Å²) in [6, 6.07) is 13.3. The molecular weight excluding hydrogens is 331 g/mol. The van der Waals surface area contributed by atoms with Crippen molar-refractivity contribution >= 4 is 17.1 Å². The van der Waals surface area contributed by atoms with Gasteiger partial charge < -0.3 is 9.64 Å².